The van der Waals surface area contributed by atoms with Crippen LogP contribution in [0.4, 0.5) is 0 Å². The molecule has 0 aliphatic carbocycles. The van der Waals surface area contributed by atoms with E-state index in [1.807, 2.05) is 32.9 Å². The highest BCUT2D eigenvalue weighted by Crippen LogP contribution is 2.17. The van der Waals surface area contributed by atoms with E-state index in [0.717, 1.165) is 5.56 Å². The van der Waals surface area contributed by atoms with Crippen LogP contribution < -0.4 is 16.3 Å². The van der Waals surface area contributed by atoms with Gasteiger partial charge in [-0.15, -0.1) is 0 Å². The minimum atomic E-state index is -0.708. The average molecular weight is 370 g/mol. The molecule has 2 heterocycles. The second-order valence-corrected chi connectivity index (χ2v) is 6.79. The topological polar surface area (TPSA) is 120 Å². The predicted octanol–water partition coefficient (Wildman–Crippen LogP) is 2.08. The lowest BCUT2D eigenvalue weighted by molar-refractivity contribution is -0.124. The van der Waals surface area contributed by atoms with Gasteiger partial charge in [-0.3, -0.25) is 9.59 Å². The molecule has 3 aromatic rings. The maximum absolute atomic E-state index is 12.7. The minimum Gasteiger partial charge on any atom is -0.459 e. The van der Waals surface area contributed by atoms with Crippen molar-refractivity contribution in [3.8, 4) is 0 Å². The largest absolute Gasteiger partial charge is 0.459 e. The van der Waals surface area contributed by atoms with Crippen LogP contribution in [0.1, 0.15) is 42.9 Å². The highest BCUT2D eigenvalue weighted by Gasteiger charge is 2.26. The average Bonchev–Trinajstić information content (AvgIpc) is 3.26. The molecule has 0 bridgehead atoms. The van der Waals surface area contributed by atoms with E-state index in [1.54, 1.807) is 18.2 Å². The Kier molecular flexibility index (Phi) is 5.16. The van der Waals surface area contributed by atoms with Gasteiger partial charge in [0, 0.05) is 0 Å². The zero-order chi connectivity index (χ0) is 19.6. The van der Waals surface area contributed by atoms with E-state index in [1.165, 1.54) is 6.26 Å². The molecule has 2 amide bonds. The number of fused-ring (bicyclic) bond motifs is 1. The van der Waals surface area contributed by atoms with E-state index >= 15 is 0 Å². The van der Waals surface area contributed by atoms with E-state index in [2.05, 4.69) is 20.6 Å². The molecule has 3 rings (SSSR count). The van der Waals surface area contributed by atoms with E-state index in [4.69, 9.17) is 4.42 Å². The van der Waals surface area contributed by atoms with Gasteiger partial charge in [0.1, 0.15) is 6.04 Å². The first-order valence-electron chi connectivity index (χ1n) is 8.72. The summed E-state index contributed by atoms with van der Waals surface area (Å²) in [5.41, 5.74) is 1.93. The predicted molar refractivity (Wildman–Crippen MR) is 100 cm³/mol. The molecule has 0 saturated carbocycles. The van der Waals surface area contributed by atoms with Crippen LogP contribution in [-0.4, -0.2) is 27.8 Å². The number of carbonyl (C=O) groups is 2. The molecule has 0 radical (unpaired) electrons. The van der Waals surface area contributed by atoms with E-state index in [0.29, 0.717) is 11.0 Å². The van der Waals surface area contributed by atoms with Crippen molar-refractivity contribution in [2.24, 2.45) is 5.92 Å². The Morgan fingerprint density at radius 3 is 2.44 bits per heavy atom. The summed E-state index contributed by atoms with van der Waals surface area (Å²) in [5, 5.41) is 5.62. The molecule has 0 fully saturated rings. The van der Waals surface area contributed by atoms with Crippen LogP contribution in [0.3, 0.4) is 0 Å². The van der Waals surface area contributed by atoms with E-state index in [-0.39, 0.29) is 29.3 Å². The highest BCUT2D eigenvalue weighted by molar-refractivity contribution is 5.95. The number of aromatic nitrogens is 2. The highest BCUT2D eigenvalue weighted by atomic mass is 16.3. The van der Waals surface area contributed by atoms with Crippen molar-refractivity contribution in [1.29, 1.82) is 0 Å². The normalized spacial score (nSPS) is 13.5. The van der Waals surface area contributed by atoms with Crippen LogP contribution in [-0.2, 0) is 4.79 Å². The van der Waals surface area contributed by atoms with Gasteiger partial charge in [0.25, 0.3) is 5.91 Å². The fraction of sp³-hybridized carbons (Fsp3) is 0.316. The maximum atomic E-state index is 12.7. The van der Waals surface area contributed by atoms with Crippen molar-refractivity contribution < 1.29 is 14.0 Å². The zero-order valence-electron chi connectivity index (χ0n) is 15.3. The van der Waals surface area contributed by atoms with Crippen LogP contribution in [0.15, 0.2) is 45.8 Å². The molecule has 27 heavy (non-hydrogen) atoms. The summed E-state index contributed by atoms with van der Waals surface area (Å²) in [7, 11) is 0. The van der Waals surface area contributed by atoms with Gasteiger partial charge in [-0.25, -0.2) is 4.79 Å². The maximum Gasteiger partial charge on any atom is 0.323 e. The Hall–Kier alpha value is -3.29. The molecule has 0 aliphatic rings. The molecule has 1 aromatic carbocycles. The molecular weight excluding hydrogens is 348 g/mol. The molecule has 4 N–H and O–H groups in total. The summed E-state index contributed by atoms with van der Waals surface area (Å²) in [5.74, 6) is -0.684. The summed E-state index contributed by atoms with van der Waals surface area (Å²) in [6.45, 7) is 5.55. The second kappa shape index (κ2) is 7.53. The second-order valence-electron chi connectivity index (χ2n) is 6.79. The number of nitrogens with one attached hydrogen (secondary N) is 4. The number of aromatic amines is 2. The standard InChI is InChI=1S/C19H22N4O4/c1-10(2)16(23-17(24)15-5-4-8-27-15)18(25)20-11(3)12-6-7-13-14(9-12)22-19(26)21-13/h4-11,16H,1-3H3,(H,20,25)(H,23,24)(H2,21,22,26). The van der Waals surface area contributed by atoms with Gasteiger partial charge in [0.05, 0.1) is 23.3 Å². The first kappa shape index (κ1) is 18.5. The molecule has 0 aliphatic heterocycles. The van der Waals surface area contributed by atoms with Crippen LogP contribution in [0.25, 0.3) is 11.0 Å². The van der Waals surface area contributed by atoms with Crippen molar-refractivity contribution in [2.45, 2.75) is 32.9 Å². The van der Waals surface area contributed by atoms with Gasteiger partial charge in [0.2, 0.25) is 5.91 Å². The first-order valence-corrected chi connectivity index (χ1v) is 8.72. The van der Waals surface area contributed by atoms with Gasteiger partial charge in [-0.1, -0.05) is 19.9 Å². The third-order valence-corrected chi connectivity index (χ3v) is 4.38. The Morgan fingerprint density at radius 2 is 1.78 bits per heavy atom. The fourth-order valence-electron chi connectivity index (χ4n) is 2.86. The van der Waals surface area contributed by atoms with Crippen LogP contribution >= 0.6 is 0 Å². The number of benzene rings is 1. The molecular formula is C19H22N4O4. The lowest BCUT2D eigenvalue weighted by Crippen LogP contribution is -2.50. The molecule has 0 saturated heterocycles. The lowest BCUT2D eigenvalue weighted by Gasteiger charge is -2.24. The lowest BCUT2D eigenvalue weighted by atomic mass is 10.0. The van der Waals surface area contributed by atoms with E-state index < -0.39 is 11.9 Å². The minimum absolute atomic E-state index is 0.111. The summed E-state index contributed by atoms with van der Waals surface area (Å²) in [4.78, 5) is 41.7. The Bertz CT molecular complexity index is 1000. The molecule has 2 atom stereocenters. The molecule has 2 aromatic heterocycles. The molecule has 142 valence electrons. The van der Waals surface area contributed by atoms with Crippen molar-refractivity contribution >= 4 is 22.8 Å². The fourth-order valence-corrected chi connectivity index (χ4v) is 2.86. The quantitative estimate of drug-likeness (QED) is 0.531. The van der Waals surface area contributed by atoms with Crippen LogP contribution in [0.2, 0.25) is 0 Å². The summed E-state index contributed by atoms with van der Waals surface area (Å²) < 4.78 is 5.07. The van der Waals surface area contributed by atoms with E-state index in [9.17, 15) is 14.4 Å². The van der Waals surface area contributed by atoms with Crippen LogP contribution in [0, 0.1) is 5.92 Å². The van der Waals surface area contributed by atoms with Gasteiger partial charge >= 0.3 is 5.69 Å². The van der Waals surface area contributed by atoms with Crippen molar-refractivity contribution in [1.82, 2.24) is 20.6 Å². The van der Waals surface area contributed by atoms with Crippen molar-refractivity contribution in [2.75, 3.05) is 0 Å². The van der Waals surface area contributed by atoms with Crippen molar-refractivity contribution in [3.63, 3.8) is 0 Å². The monoisotopic (exact) mass is 370 g/mol. The number of furan rings is 1. The summed E-state index contributed by atoms with van der Waals surface area (Å²) >= 11 is 0. The van der Waals surface area contributed by atoms with Crippen LogP contribution in [0.5, 0.6) is 0 Å². The number of hydrogen-bond donors (Lipinski definition) is 4. The number of carbonyl (C=O) groups excluding carboxylic acids is 2. The van der Waals surface area contributed by atoms with Gasteiger partial charge in [-0.2, -0.15) is 0 Å². The Labute approximate surface area is 155 Å². The number of H-pyrrole nitrogens is 2. The summed E-state index contributed by atoms with van der Waals surface area (Å²) in [6, 6.07) is 7.57. The third kappa shape index (κ3) is 4.11. The Morgan fingerprint density at radius 1 is 1.04 bits per heavy atom. The third-order valence-electron chi connectivity index (χ3n) is 4.38. The number of amides is 2. The molecule has 2 unspecified atom stereocenters. The number of imidazole rings is 1. The Balaban J connectivity index is 1.71. The molecule has 8 nitrogen and oxygen atoms in total. The molecule has 0 spiro atoms. The van der Waals surface area contributed by atoms with Gasteiger partial charge in [0.15, 0.2) is 5.76 Å². The smallest absolute Gasteiger partial charge is 0.323 e. The van der Waals surface area contributed by atoms with Gasteiger partial charge < -0.3 is 25.0 Å². The summed E-state index contributed by atoms with van der Waals surface area (Å²) in [6.07, 6.45) is 1.41. The zero-order valence-corrected chi connectivity index (χ0v) is 15.3. The number of rotatable bonds is 6. The van der Waals surface area contributed by atoms with Crippen molar-refractivity contribution in [3.05, 3.63) is 58.4 Å². The van der Waals surface area contributed by atoms with Gasteiger partial charge in [-0.05, 0) is 42.7 Å². The number of hydrogen-bond acceptors (Lipinski definition) is 4. The molecule has 8 heteroatoms. The SMILES string of the molecule is CC(NC(=O)C(NC(=O)c1ccco1)C(C)C)c1ccc2[nH]c(=O)[nH]c2c1. The first-order chi connectivity index (χ1) is 12.8.